The summed E-state index contributed by atoms with van der Waals surface area (Å²) >= 11 is 0. The summed E-state index contributed by atoms with van der Waals surface area (Å²) in [6, 6.07) is 7.81. The van der Waals surface area contributed by atoms with Crippen molar-refractivity contribution in [1.82, 2.24) is 0 Å². The molecule has 142 valence electrons. The van der Waals surface area contributed by atoms with Gasteiger partial charge in [-0.3, -0.25) is 4.79 Å². The molecular weight excluding hydrogens is 340 g/mol. The number of carbonyl (C=O) groups is 1. The van der Waals surface area contributed by atoms with Gasteiger partial charge in [0.1, 0.15) is 0 Å². The summed E-state index contributed by atoms with van der Waals surface area (Å²) < 4.78 is 11.1. The quantitative estimate of drug-likeness (QED) is 0.653. The van der Waals surface area contributed by atoms with Crippen molar-refractivity contribution in [2.75, 3.05) is 25.1 Å². The summed E-state index contributed by atoms with van der Waals surface area (Å²) in [6.07, 6.45) is 3.31. The van der Waals surface area contributed by atoms with E-state index < -0.39 is 0 Å². The number of rotatable bonds is 9. The Morgan fingerprint density at radius 1 is 1.32 bits per heavy atom. The lowest BCUT2D eigenvalue weighted by molar-refractivity contribution is -0.120. The average Bonchev–Trinajstić information content (AvgIpc) is 3.03. The number of amides is 1. The Balaban J connectivity index is 0.00000312. The molecule has 1 fully saturated rings. The fourth-order valence-corrected chi connectivity index (χ4v) is 3.17. The van der Waals surface area contributed by atoms with Gasteiger partial charge >= 0.3 is 0 Å². The highest BCUT2D eigenvalue weighted by Gasteiger charge is 2.31. The van der Waals surface area contributed by atoms with Gasteiger partial charge in [-0.2, -0.15) is 0 Å². The second kappa shape index (κ2) is 11.5. The Morgan fingerprint density at radius 2 is 2.12 bits per heavy atom. The third kappa shape index (κ3) is 7.32. The molecular formula is C19H31ClN2O3. The van der Waals surface area contributed by atoms with Crippen LogP contribution in [0.4, 0.5) is 5.69 Å². The van der Waals surface area contributed by atoms with Crippen molar-refractivity contribution in [2.45, 2.75) is 45.8 Å². The molecule has 25 heavy (non-hydrogen) atoms. The molecule has 0 spiro atoms. The van der Waals surface area contributed by atoms with Crippen molar-refractivity contribution in [3.8, 4) is 0 Å². The van der Waals surface area contributed by atoms with E-state index in [0.29, 0.717) is 32.3 Å². The first-order valence-electron chi connectivity index (χ1n) is 8.89. The predicted molar refractivity (Wildman–Crippen MR) is 103 cm³/mol. The number of hydrogen-bond donors (Lipinski definition) is 2. The van der Waals surface area contributed by atoms with Gasteiger partial charge < -0.3 is 20.5 Å². The standard InChI is InChI=1S/C19H30N2O3.ClH/c1-14(2)24-10-9-23-13-15-5-3-7-17(11-15)21-19(22)18-8-4-6-16(18)12-20;/h3,5,7,11,14,16,18H,4,6,8-10,12-13,20H2,1-2H3,(H,21,22);1H/t16-,18-;/m1./s1. The summed E-state index contributed by atoms with van der Waals surface area (Å²) in [7, 11) is 0. The first-order valence-corrected chi connectivity index (χ1v) is 8.89. The molecule has 1 aromatic rings. The molecule has 1 aliphatic carbocycles. The van der Waals surface area contributed by atoms with Gasteiger partial charge in [-0.15, -0.1) is 12.4 Å². The van der Waals surface area contributed by atoms with Gasteiger partial charge in [-0.25, -0.2) is 0 Å². The SMILES string of the molecule is CC(C)OCCOCc1cccc(NC(=O)[C@@H]2CCC[C@@H]2CN)c1.Cl. The number of benzene rings is 1. The molecule has 1 aliphatic rings. The zero-order valence-corrected chi connectivity index (χ0v) is 16.0. The van der Waals surface area contributed by atoms with E-state index in [1.807, 2.05) is 38.1 Å². The van der Waals surface area contributed by atoms with E-state index in [0.717, 1.165) is 30.5 Å². The van der Waals surface area contributed by atoms with E-state index in [1.54, 1.807) is 0 Å². The van der Waals surface area contributed by atoms with E-state index in [9.17, 15) is 4.79 Å². The lowest BCUT2D eigenvalue weighted by atomic mass is 9.95. The summed E-state index contributed by atoms with van der Waals surface area (Å²) in [6.45, 7) is 6.27. The van der Waals surface area contributed by atoms with Gasteiger partial charge in [-0.05, 0) is 56.8 Å². The topological polar surface area (TPSA) is 73.6 Å². The molecule has 1 amide bonds. The van der Waals surface area contributed by atoms with E-state index >= 15 is 0 Å². The van der Waals surface area contributed by atoms with Gasteiger partial charge in [0.15, 0.2) is 0 Å². The van der Waals surface area contributed by atoms with E-state index in [1.165, 1.54) is 0 Å². The monoisotopic (exact) mass is 370 g/mol. The second-order valence-electron chi connectivity index (χ2n) is 6.69. The molecule has 2 atom stereocenters. The van der Waals surface area contributed by atoms with Gasteiger partial charge in [0.25, 0.3) is 0 Å². The maximum Gasteiger partial charge on any atom is 0.227 e. The molecule has 0 bridgehead atoms. The minimum absolute atomic E-state index is 0. The zero-order valence-electron chi connectivity index (χ0n) is 15.2. The maximum atomic E-state index is 12.4. The largest absolute Gasteiger partial charge is 0.376 e. The zero-order chi connectivity index (χ0) is 17.4. The number of carbonyl (C=O) groups excluding carboxylic acids is 1. The Hall–Kier alpha value is -1.14. The number of hydrogen-bond acceptors (Lipinski definition) is 4. The maximum absolute atomic E-state index is 12.4. The Bertz CT molecular complexity index is 525. The molecule has 6 heteroatoms. The third-order valence-electron chi connectivity index (χ3n) is 4.44. The normalized spacial score (nSPS) is 19.7. The van der Waals surface area contributed by atoms with E-state index in [2.05, 4.69) is 5.32 Å². The van der Waals surface area contributed by atoms with Gasteiger partial charge in [0, 0.05) is 11.6 Å². The number of halogens is 1. The molecule has 0 unspecified atom stereocenters. The fraction of sp³-hybridized carbons (Fsp3) is 0.632. The van der Waals surface area contributed by atoms with Gasteiger partial charge in [-0.1, -0.05) is 18.6 Å². The number of nitrogens with one attached hydrogen (secondary N) is 1. The highest BCUT2D eigenvalue weighted by Crippen LogP contribution is 2.31. The van der Waals surface area contributed by atoms with Crippen LogP contribution in [0.3, 0.4) is 0 Å². The Labute approximate surface area is 157 Å². The van der Waals surface area contributed by atoms with Crippen molar-refractivity contribution in [2.24, 2.45) is 17.6 Å². The average molecular weight is 371 g/mol. The smallest absolute Gasteiger partial charge is 0.227 e. The van der Waals surface area contributed by atoms with Crippen LogP contribution < -0.4 is 11.1 Å². The fourth-order valence-electron chi connectivity index (χ4n) is 3.17. The van der Waals surface area contributed by atoms with Crippen LogP contribution >= 0.6 is 12.4 Å². The van der Waals surface area contributed by atoms with Crippen LogP contribution in [0.15, 0.2) is 24.3 Å². The van der Waals surface area contributed by atoms with Crippen LogP contribution in [0.25, 0.3) is 0 Å². The minimum Gasteiger partial charge on any atom is -0.376 e. The Morgan fingerprint density at radius 3 is 2.84 bits per heavy atom. The summed E-state index contributed by atoms with van der Waals surface area (Å²) in [4.78, 5) is 12.4. The predicted octanol–water partition coefficient (Wildman–Crippen LogP) is 3.36. The molecule has 2 rings (SSSR count). The number of ether oxygens (including phenoxy) is 2. The van der Waals surface area contributed by atoms with Gasteiger partial charge in [0.2, 0.25) is 5.91 Å². The number of anilines is 1. The molecule has 3 N–H and O–H groups in total. The molecule has 5 nitrogen and oxygen atoms in total. The van der Waals surface area contributed by atoms with E-state index in [-0.39, 0.29) is 30.3 Å². The van der Waals surface area contributed by atoms with Crippen molar-refractivity contribution in [3.63, 3.8) is 0 Å². The molecule has 0 saturated heterocycles. The van der Waals surface area contributed by atoms with Crippen molar-refractivity contribution >= 4 is 24.0 Å². The molecule has 0 radical (unpaired) electrons. The van der Waals surface area contributed by atoms with E-state index in [4.69, 9.17) is 15.2 Å². The Kier molecular flexibility index (Phi) is 10.0. The summed E-state index contributed by atoms with van der Waals surface area (Å²) in [5.74, 6) is 0.451. The van der Waals surface area contributed by atoms with Crippen molar-refractivity contribution in [3.05, 3.63) is 29.8 Å². The van der Waals surface area contributed by atoms with Crippen LogP contribution in [0.1, 0.15) is 38.7 Å². The third-order valence-corrected chi connectivity index (χ3v) is 4.44. The minimum atomic E-state index is 0. The van der Waals surface area contributed by atoms with Gasteiger partial charge in [0.05, 0.1) is 25.9 Å². The summed E-state index contributed by atoms with van der Waals surface area (Å²) in [5.41, 5.74) is 7.63. The molecule has 0 aromatic heterocycles. The molecule has 1 aromatic carbocycles. The van der Waals surface area contributed by atoms with Crippen LogP contribution in [-0.2, 0) is 20.9 Å². The highest BCUT2D eigenvalue weighted by molar-refractivity contribution is 5.93. The first-order chi connectivity index (χ1) is 11.6. The van der Waals surface area contributed by atoms with Crippen molar-refractivity contribution < 1.29 is 14.3 Å². The molecule has 1 saturated carbocycles. The number of nitrogens with two attached hydrogens (primary N) is 1. The molecule has 0 heterocycles. The van der Waals surface area contributed by atoms with Crippen LogP contribution in [0.2, 0.25) is 0 Å². The lowest BCUT2D eigenvalue weighted by Crippen LogP contribution is -2.29. The van der Waals surface area contributed by atoms with Crippen LogP contribution in [0, 0.1) is 11.8 Å². The first kappa shape index (κ1) is 21.9. The highest BCUT2D eigenvalue weighted by atomic mass is 35.5. The van der Waals surface area contributed by atoms with Crippen LogP contribution in [-0.4, -0.2) is 31.8 Å². The van der Waals surface area contributed by atoms with Crippen LogP contribution in [0.5, 0.6) is 0 Å². The second-order valence-corrected chi connectivity index (χ2v) is 6.69. The molecule has 0 aliphatic heterocycles. The summed E-state index contributed by atoms with van der Waals surface area (Å²) in [5, 5.41) is 3.03. The lowest BCUT2D eigenvalue weighted by Gasteiger charge is -2.17. The van der Waals surface area contributed by atoms with Crippen molar-refractivity contribution in [1.29, 1.82) is 0 Å².